The summed E-state index contributed by atoms with van der Waals surface area (Å²) in [5.74, 6) is 1.80. The fourth-order valence-electron chi connectivity index (χ4n) is 11.7. The second kappa shape index (κ2) is 17.6. The Kier molecular flexibility index (Phi) is 14.2. The van der Waals surface area contributed by atoms with Crippen molar-refractivity contribution in [2.45, 2.75) is 141 Å². The van der Waals surface area contributed by atoms with Gasteiger partial charge in [-0.2, -0.15) is 5.06 Å². The number of ether oxygens (including phenoxy) is 1. The van der Waals surface area contributed by atoms with E-state index in [1.807, 2.05) is 7.11 Å². The summed E-state index contributed by atoms with van der Waals surface area (Å²) in [6, 6.07) is -0.139. The Morgan fingerprint density at radius 1 is 1.06 bits per heavy atom. The third-order valence-electron chi connectivity index (χ3n) is 14.7. The number of carbonyl (C=O) groups excluding carboxylic acids is 2. The molecule has 0 aromatic rings. The van der Waals surface area contributed by atoms with Crippen molar-refractivity contribution in [3.63, 3.8) is 0 Å². The molecular weight excluding hydrogens is 658 g/mol. The highest BCUT2D eigenvalue weighted by molar-refractivity contribution is 5.83. The van der Waals surface area contributed by atoms with Crippen molar-refractivity contribution in [2.75, 3.05) is 55.0 Å². The van der Waals surface area contributed by atoms with Gasteiger partial charge in [0.1, 0.15) is 12.1 Å². The Labute approximate surface area is 315 Å². The van der Waals surface area contributed by atoms with E-state index in [-0.39, 0.29) is 54.4 Å². The van der Waals surface area contributed by atoms with E-state index >= 15 is 0 Å². The molecular formula is C41H75N5O6. The van der Waals surface area contributed by atoms with Gasteiger partial charge in [-0.1, -0.05) is 40.5 Å². The second-order valence-electron chi connectivity index (χ2n) is 18.9. The molecule has 6 fully saturated rings. The van der Waals surface area contributed by atoms with E-state index < -0.39 is 24.2 Å². The van der Waals surface area contributed by atoms with Crippen LogP contribution in [0.5, 0.6) is 0 Å². The number of methoxy groups -OCH3 is 1. The number of hydrogen-bond donors (Lipinski definition) is 4. The normalized spacial score (nSPS) is 40.3. The van der Waals surface area contributed by atoms with Crippen LogP contribution in [0.3, 0.4) is 0 Å². The molecule has 52 heavy (non-hydrogen) atoms. The third kappa shape index (κ3) is 8.87. The summed E-state index contributed by atoms with van der Waals surface area (Å²) in [5, 5.41) is 30.0. The summed E-state index contributed by atoms with van der Waals surface area (Å²) in [7, 11) is 10.2. The number of nitrogens with one attached hydrogen (secondary N) is 2. The van der Waals surface area contributed by atoms with Crippen LogP contribution in [0.15, 0.2) is 0 Å². The van der Waals surface area contributed by atoms with Gasteiger partial charge in [-0.15, -0.1) is 0 Å². The van der Waals surface area contributed by atoms with Crippen LogP contribution in [0.4, 0.5) is 0 Å². The lowest BCUT2D eigenvalue weighted by Gasteiger charge is -2.62. The molecule has 1 aliphatic heterocycles. The minimum Gasteiger partial charge on any atom is -0.394 e. The Morgan fingerprint density at radius 3 is 2.37 bits per heavy atom. The van der Waals surface area contributed by atoms with Crippen molar-refractivity contribution in [2.24, 2.45) is 52.8 Å². The molecule has 11 heteroatoms. The molecule has 8 unspecified atom stereocenters. The first kappa shape index (κ1) is 41.8. The zero-order valence-corrected chi connectivity index (χ0v) is 34.2. The van der Waals surface area contributed by atoms with Crippen LogP contribution in [0.25, 0.3) is 0 Å². The third-order valence-corrected chi connectivity index (χ3v) is 14.7. The summed E-state index contributed by atoms with van der Waals surface area (Å²) in [4.78, 5) is 39.0. The summed E-state index contributed by atoms with van der Waals surface area (Å²) in [5.41, 5.74) is 0.318. The van der Waals surface area contributed by atoms with Gasteiger partial charge in [-0.25, -0.2) is 0 Å². The molecule has 5 saturated carbocycles. The van der Waals surface area contributed by atoms with Crippen molar-refractivity contribution in [1.29, 1.82) is 0 Å². The second-order valence-corrected chi connectivity index (χ2v) is 18.9. The molecule has 15 atom stereocenters. The highest BCUT2D eigenvalue weighted by Crippen LogP contribution is 2.61. The molecule has 5 aliphatic carbocycles. The van der Waals surface area contributed by atoms with Gasteiger partial charge >= 0.3 is 0 Å². The van der Waals surface area contributed by atoms with Crippen LogP contribution < -0.4 is 10.6 Å². The standard InChI is InChI=1S/C41H75N5O6/c1-11-13-30(22-44(6)7)42-39(49)28-16-27(17-31(18-28)45(8)9)32-15-12-14-26(38(32)51-10)21-46-37(36(25(3)48)35(23-47)52-46)40(50)43-34-20-29-19-33(24(34)2)41(29,4)5/h24-38,47-48H,11-23H2,1-10H3,(H,42,49)(H,43,50)/t24-,25-,26?,27?,28?,29+,30-,31?,32?,33-,34-,35-,36?,37?,38?/m0/s1. The lowest BCUT2D eigenvalue weighted by Crippen LogP contribution is -2.62. The molecule has 4 N–H and O–H groups in total. The van der Waals surface area contributed by atoms with Gasteiger partial charge in [0.25, 0.3) is 0 Å². The van der Waals surface area contributed by atoms with E-state index in [1.165, 1.54) is 6.42 Å². The summed E-state index contributed by atoms with van der Waals surface area (Å²) < 4.78 is 6.41. The van der Waals surface area contributed by atoms with Gasteiger partial charge in [0.2, 0.25) is 11.8 Å². The number of likely N-dealkylation sites (N-methyl/N-ethyl adjacent to an activating group) is 1. The highest BCUT2D eigenvalue weighted by Gasteiger charge is 2.58. The van der Waals surface area contributed by atoms with E-state index in [0.717, 1.165) is 64.3 Å². The zero-order chi connectivity index (χ0) is 38.1. The molecule has 2 amide bonds. The quantitative estimate of drug-likeness (QED) is 0.199. The molecule has 0 radical (unpaired) electrons. The Morgan fingerprint density at radius 2 is 1.79 bits per heavy atom. The van der Waals surface area contributed by atoms with Gasteiger partial charge in [-0.3, -0.25) is 14.4 Å². The number of fused-ring (bicyclic) bond motifs is 2. The lowest BCUT2D eigenvalue weighted by atomic mass is 9.45. The van der Waals surface area contributed by atoms with Crippen LogP contribution >= 0.6 is 0 Å². The van der Waals surface area contributed by atoms with Gasteiger partial charge in [0, 0.05) is 56.1 Å². The van der Waals surface area contributed by atoms with Crippen molar-refractivity contribution in [1.82, 2.24) is 25.5 Å². The molecule has 1 heterocycles. The summed E-state index contributed by atoms with van der Waals surface area (Å²) in [6.07, 6.45) is 8.47. The van der Waals surface area contributed by atoms with Gasteiger partial charge in [0.05, 0.1) is 18.8 Å². The van der Waals surface area contributed by atoms with E-state index in [0.29, 0.717) is 41.7 Å². The van der Waals surface area contributed by atoms with Crippen LogP contribution in [0, 0.1) is 52.8 Å². The molecule has 0 aromatic heterocycles. The number of hydroxylamine groups is 2. The van der Waals surface area contributed by atoms with Crippen LogP contribution in [0.1, 0.15) is 98.8 Å². The number of nitrogens with zero attached hydrogens (tertiary/aromatic N) is 3. The van der Waals surface area contributed by atoms with Crippen LogP contribution in [-0.4, -0.2) is 134 Å². The SMILES string of the molecule is CCC[C@@H](CN(C)C)NC(=O)C1CC(C2CCCC(CN3O[C@@H](CO)C([C@H](C)O)C3C(=O)N[C@H]3C[C@H]4C[C@@H]([C@@H]3C)C4(C)C)C2OC)CC(N(C)C)C1. The number of aliphatic hydroxyl groups excluding tert-OH is 2. The number of amides is 2. The van der Waals surface area contributed by atoms with Crippen molar-refractivity contribution >= 4 is 11.8 Å². The fraction of sp³-hybridized carbons (Fsp3) is 0.951. The smallest absolute Gasteiger partial charge is 0.240 e. The van der Waals surface area contributed by atoms with E-state index in [2.05, 4.69) is 76.3 Å². The molecule has 300 valence electrons. The molecule has 1 saturated heterocycles. The summed E-state index contributed by atoms with van der Waals surface area (Å²) >= 11 is 0. The first-order chi connectivity index (χ1) is 24.6. The summed E-state index contributed by atoms with van der Waals surface area (Å²) in [6.45, 7) is 12.0. The molecule has 2 bridgehead atoms. The minimum atomic E-state index is -0.825. The molecule has 0 aromatic carbocycles. The molecule has 6 rings (SSSR count). The maximum atomic E-state index is 14.3. The molecule has 6 aliphatic rings. The fourth-order valence-corrected chi connectivity index (χ4v) is 11.7. The van der Waals surface area contributed by atoms with Gasteiger partial charge in [-0.05, 0) is 121 Å². The highest BCUT2D eigenvalue weighted by atomic mass is 16.7. The van der Waals surface area contributed by atoms with Crippen LogP contribution in [0.2, 0.25) is 0 Å². The Bertz CT molecular complexity index is 1180. The maximum absolute atomic E-state index is 14.3. The first-order valence-electron chi connectivity index (χ1n) is 20.8. The van der Waals surface area contributed by atoms with Crippen molar-refractivity contribution < 1.29 is 29.4 Å². The number of rotatable bonds is 15. The lowest BCUT2D eigenvalue weighted by molar-refractivity contribution is -0.193. The van der Waals surface area contributed by atoms with Gasteiger partial charge in [0.15, 0.2) is 0 Å². The van der Waals surface area contributed by atoms with Crippen LogP contribution in [-0.2, 0) is 19.2 Å². The maximum Gasteiger partial charge on any atom is 0.240 e. The average Bonchev–Trinajstić information content (AvgIpc) is 3.47. The minimum absolute atomic E-state index is 0.0450. The Balaban J connectivity index is 1.31. The monoisotopic (exact) mass is 734 g/mol. The van der Waals surface area contributed by atoms with Gasteiger partial charge < -0.3 is 35.4 Å². The van der Waals surface area contributed by atoms with E-state index in [4.69, 9.17) is 9.57 Å². The number of carbonyl (C=O) groups is 2. The largest absolute Gasteiger partial charge is 0.394 e. The van der Waals surface area contributed by atoms with Crippen molar-refractivity contribution in [3.05, 3.63) is 0 Å². The first-order valence-corrected chi connectivity index (χ1v) is 20.8. The molecule has 11 nitrogen and oxygen atoms in total. The van der Waals surface area contributed by atoms with E-state index in [1.54, 1.807) is 12.0 Å². The Hall–Kier alpha value is -1.34. The predicted octanol–water partition coefficient (Wildman–Crippen LogP) is 3.77. The van der Waals surface area contributed by atoms with E-state index in [9.17, 15) is 19.8 Å². The van der Waals surface area contributed by atoms with Crippen molar-refractivity contribution in [3.8, 4) is 0 Å². The number of aliphatic hydroxyl groups is 2. The zero-order valence-electron chi connectivity index (χ0n) is 34.2. The molecule has 0 spiro atoms. The average molecular weight is 734 g/mol. The number of hydrogen-bond acceptors (Lipinski definition) is 9. The topological polar surface area (TPSA) is 127 Å². The predicted molar refractivity (Wildman–Crippen MR) is 204 cm³/mol.